The maximum atomic E-state index is 13.3. The molecule has 0 radical (unpaired) electrons. The molecule has 0 bridgehead atoms. The predicted octanol–water partition coefficient (Wildman–Crippen LogP) is 4.04. The molecule has 6 nitrogen and oxygen atoms in total. The number of likely N-dealkylation sites (tertiary alicyclic amines) is 1. The van der Waals surface area contributed by atoms with Crippen LogP contribution in [0.15, 0.2) is 65.2 Å². The number of carbonyl (C=O) groups is 1. The normalized spacial score (nSPS) is 15.2. The van der Waals surface area contributed by atoms with Gasteiger partial charge in [0.05, 0.1) is 6.42 Å². The molecule has 4 rings (SSSR count). The fraction of sp³-hybridized carbons (Fsp3) is 0.375. The van der Waals surface area contributed by atoms with Gasteiger partial charge in [-0.05, 0) is 56.1 Å². The highest BCUT2D eigenvalue weighted by atomic mass is 16.5. The Morgan fingerprint density at radius 3 is 2.40 bits per heavy atom. The quantitative estimate of drug-likeness (QED) is 0.595. The number of piperidine rings is 1. The summed E-state index contributed by atoms with van der Waals surface area (Å²) in [6, 6.07) is 19.7. The van der Waals surface area contributed by atoms with Gasteiger partial charge in [0.1, 0.15) is 0 Å². The zero-order chi connectivity index (χ0) is 20.8. The Hall–Kier alpha value is -2.99. The molecule has 0 N–H and O–H groups in total. The van der Waals surface area contributed by atoms with Crippen molar-refractivity contribution in [1.82, 2.24) is 15.0 Å². The van der Waals surface area contributed by atoms with Crippen molar-refractivity contribution in [3.8, 4) is 0 Å². The Balaban J connectivity index is 1.50. The largest absolute Gasteiger partial charge is 0.338 e. The molecule has 1 amide bonds. The average molecular weight is 405 g/mol. The maximum Gasteiger partial charge on any atom is 0.299 e. The van der Waals surface area contributed by atoms with Crippen molar-refractivity contribution in [3.63, 3.8) is 0 Å². The van der Waals surface area contributed by atoms with Crippen molar-refractivity contribution in [2.45, 2.75) is 26.2 Å². The lowest BCUT2D eigenvalue weighted by Gasteiger charge is -2.34. The van der Waals surface area contributed by atoms with Gasteiger partial charge in [-0.25, -0.2) is 0 Å². The summed E-state index contributed by atoms with van der Waals surface area (Å²) in [5.74, 6) is 0.833. The Bertz CT molecular complexity index is 934. The van der Waals surface area contributed by atoms with Crippen molar-refractivity contribution in [1.29, 1.82) is 0 Å². The standard InChI is InChI=1S/C24H28N4O2/c1-2-27-15-13-20(14-16-27)18-28(21-11-7-4-8-12-21)24(29)23-25-22(30-26-23)17-19-9-5-3-6-10-19/h3-12,20H,2,13-18H2,1H3. The summed E-state index contributed by atoms with van der Waals surface area (Å²) in [6.07, 6.45) is 2.70. The molecule has 156 valence electrons. The van der Waals surface area contributed by atoms with Gasteiger partial charge in [-0.15, -0.1) is 0 Å². The predicted molar refractivity (Wildman–Crippen MR) is 117 cm³/mol. The van der Waals surface area contributed by atoms with Gasteiger partial charge in [0, 0.05) is 12.2 Å². The fourth-order valence-corrected chi connectivity index (χ4v) is 3.96. The molecule has 0 atom stereocenters. The van der Waals surface area contributed by atoms with Crippen LogP contribution in [0.3, 0.4) is 0 Å². The highest BCUT2D eigenvalue weighted by Crippen LogP contribution is 2.23. The van der Waals surface area contributed by atoms with Crippen molar-refractivity contribution >= 4 is 11.6 Å². The van der Waals surface area contributed by atoms with Crippen molar-refractivity contribution in [2.24, 2.45) is 5.92 Å². The van der Waals surface area contributed by atoms with Crippen LogP contribution in [-0.2, 0) is 6.42 Å². The number of hydrogen-bond donors (Lipinski definition) is 0. The van der Waals surface area contributed by atoms with Crippen LogP contribution in [0, 0.1) is 5.92 Å². The minimum atomic E-state index is -0.206. The molecule has 2 aromatic carbocycles. The molecule has 3 aromatic rings. The molecule has 0 aliphatic carbocycles. The van der Waals surface area contributed by atoms with Crippen molar-refractivity contribution < 1.29 is 9.32 Å². The summed E-state index contributed by atoms with van der Waals surface area (Å²) < 4.78 is 5.38. The second-order valence-corrected chi connectivity index (χ2v) is 7.80. The van der Waals surface area contributed by atoms with E-state index >= 15 is 0 Å². The third-order valence-corrected chi connectivity index (χ3v) is 5.77. The van der Waals surface area contributed by atoms with Crippen LogP contribution in [0.25, 0.3) is 0 Å². The zero-order valence-corrected chi connectivity index (χ0v) is 17.4. The Labute approximate surface area is 177 Å². The lowest BCUT2D eigenvalue weighted by molar-refractivity contribution is 0.0963. The van der Waals surface area contributed by atoms with E-state index in [1.165, 1.54) is 0 Å². The van der Waals surface area contributed by atoms with Crippen molar-refractivity contribution in [3.05, 3.63) is 77.9 Å². The first-order valence-corrected chi connectivity index (χ1v) is 10.7. The van der Waals surface area contributed by atoms with Crippen LogP contribution in [0.2, 0.25) is 0 Å². The molecule has 30 heavy (non-hydrogen) atoms. The molecular formula is C24H28N4O2. The second-order valence-electron chi connectivity index (χ2n) is 7.80. The van der Waals surface area contributed by atoms with E-state index < -0.39 is 0 Å². The summed E-state index contributed by atoms with van der Waals surface area (Å²) >= 11 is 0. The number of nitrogens with zero attached hydrogens (tertiary/aromatic N) is 4. The third kappa shape index (κ3) is 4.94. The average Bonchev–Trinajstić information content (AvgIpc) is 3.27. The van der Waals surface area contributed by atoms with Gasteiger partial charge in [-0.2, -0.15) is 4.98 Å². The maximum absolute atomic E-state index is 13.3. The SMILES string of the molecule is CCN1CCC(CN(C(=O)c2noc(Cc3ccccc3)n2)c2ccccc2)CC1. The van der Waals surface area contributed by atoms with Crippen LogP contribution in [0.5, 0.6) is 0 Å². The summed E-state index contributed by atoms with van der Waals surface area (Å²) in [4.78, 5) is 22.0. The van der Waals surface area contributed by atoms with E-state index in [0.717, 1.165) is 43.7 Å². The van der Waals surface area contributed by atoms with Crippen LogP contribution in [0.1, 0.15) is 41.8 Å². The Morgan fingerprint density at radius 1 is 1.07 bits per heavy atom. The first-order valence-electron chi connectivity index (χ1n) is 10.7. The molecule has 1 fully saturated rings. The first-order chi connectivity index (χ1) is 14.7. The summed E-state index contributed by atoms with van der Waals surface area (Å²) in [7, 11) is 0. The number of amides is 1. The number of benzene rings is 2. The molecular weight excluding hydrogens is 376 g/mol. The number of anilines is 1. The molecule has 1 aliphatic heterocycles. The lowest BCUT2D eigenvalue weighted by Crippen LogP contribution is -2.41. The summed E-state index contributed by atoms with van der Waals surface area (Å²) in [6.45, 7) is 6.12. The smallest absolute Gasteiger partial charge is 0.299 e. The Morgan fingerprint density at radius 2 is 1.73 bits per heavy atom. The van der Waals surface area contributed by atoms with E-state index in [4.69, 9.17) is 4.52 Å². The van der Waals surface area contributed by atoms with Crippen LogP contribution >= 0.6 is 0 Å². The molecule has 0 unspecified atom stereocenters. The molecule has 2 heterocycles. The minimum absolute atomic E-state index is 0.121. The molecule has 1 saturated heterocycles. The van der Waals surface area contributed by atoms with Gasteiger partial charge >= 0.3 is 0 Å². The zero-order valence-electron chi connectivity index (χ0n) is 17.4. The topological polar surface area (TPSA) is 62.5 Å². The van der Waals surface area contributed by atoms with Gasteiger partial charge in [0.2, 0.25) is 5.89 Å². The number of carbonyl (C=O) groups excluding carboxylic acids is 1. The van der Waals surface area contributed by atoms with Gasteiger partial charge in [-0.3, -0.25) is 4.79 Å². The van der Waals surface area contributed by atoms with Gasteiger partial charge in [-0.1, -0.05) is 60.6 Å². The van der Waals surface area contributed by atoms with Crippen LogP contribution < -0.4 is 4.90 Å². The van der Waals surface area contributed by atoms with E-state index in [0.29, 0.717) is 24.8 Å². The summed E-state index contributed by atoms with van der Waals surface area (Å²) in [5.41, 5.74) is 1.94. The fourth-order valence-electron chi connectivity index (χ4n) is 3.96. The molecule has 1 aliphatic rings. The highest BCUT2D eigenvalue weighted by Gasteiger charge is 2.27. The molecule has 0 saturated carbocycles. The highest BCUT2D eigenvalue weighted by molar-refractivity contribution is 6.03. The van der Waals surface area contributed by atoms with E-state index in [2.05, 4.69) is 22.0 Å². The first kappa shape index (κ1) is 20.3. The lowest BCUT2D eigenvalue weighted by atomic mass is 9.96. The second kappa shape index (κ2) is 9.67. The number of hydrogen-bond acceptors (Lipinski definition) is 5. The van der Waals surface area contributed by atoms with Gasteiger partial charge < -0.3 is 14.3 Å². The molecule has 0 spiro atoms. The van der Waals surface area contributed by atoms with Gasteiger partial charge in [0.15, 0.2) is 0 Å². The summed E-state index contributed by atoms with van der Waals surface area (Å²) in [5, 5.41) is 3.99. The Kier molecular flexibility index (Phi) is 6.54. The number of aromatic nitrogens is 2. The van der Waals surface area contributed by atoms with E-state index in [-0.39, 0.29) is 11.7 Å². The van der Waals surface area contributed by atoms with Gasteiger partial charge in [0.25, 0.3) is 11.7 Å². The van der Waals surface area contributed by atoms with E-state index in [9.17, 15) is 4.79 Å². The third-order valence-electron chi connectivity index (χ3n) is 5.77. The van der Waals surface area contributed by atoms with E-state index in [1.54, 1.807) is 0 Å². The minimum Gasteiger partial charge on any atom is -0.338 e. The van der Waals surface area contributed by atoms with E-state index in [1.807, 2.05) is 65.6 Å². The number of rotatable bonds is 7. The van der Waals surface area contributed by atoms with Crippen LogP contribution in [0.4, 0.5) is 5.69 Å². The molecule has 1 aromatic heterocycles. The number of para-hydroxylation sites is 1. The monoisotopic (exact) mass is 404 g/mol. The van der Waals surface area contributed by atoms with Crippen LogP contribution in [-0.4, -0.2) is 47.1 Å². The molecule has 6 heteroatoms. The van der Waals surface area contributed by atoms with Crippen molar-refractivity contribution in [2.75, 3.05) is 31.1 Å².